The number of carbonyl (C=O) groups is 1. The van der Waals surface area contributed by atoms with Crippen molar-refractivity contribution in [3.8, 4) is 0 Å². The lowest BCUT2D eigenvalue weighted by Crippen LogP contribution is -2.51. The van der Waals surface area contributed by atoms with Crippen LogP contribution in [-0.2, 0) is 0 Å². The van der Waals surface area contributed by atoms with Crippen LogP contribution in [0.1, 0.15) is 36.0 Å². The molecule has 0 unspecified atom stereocenters. The third kappa shape index (κ3) is 4.26. The number of nitrogens with one attached hydrogen (secondary N) is 2. The molecule has 0 bridgehead atoms. The predicted molar refractivity (Wildman–Crippen MR) is 89.8 cm³/mol. The van der Waals surface area contributed by atoms with E-state index in [2.05, 4.69) is 17.6 Å². The van der Waals surface area contributed by atoms with Gasteiger partial charge in [-0.15, -0.1) is 11.3 Å². The molecule has 2 N–H and O–H groups in total. The molecule has 1 amide bonds. The summed E-state index contributed by atoms with van der Waals surface area (Å²) in [5.74, 6) is 0.110. The van der Waals surface area contributed by atoms with Crippen molar-refractivity contribution in [1.29, 1.82) is 0 Å². The topological polar surface area (TPSA) is 44.4 Å². The third-order valence-corrected chi connectivity index (χ3v) is 4.31. The Hall–Kier alpha value is -0.980. The van der Waals surface area contributed by atoms with Gasteiger partial charge in [-0.1, -0.05) is 26.1 Å². The van der Waals surface area contributed by atoms with Gasteiger partial charge in [0.15, 0.2) is 0 Å². The fourth-order valence-corrected chi connectivity index (χ4v) is 3.04. The summed E-state index contributed by atoms with van der Waals surface area (Å²) in [6.07, 6.45) is 0. The van der Waals surface area contributed by atoms with Gasteiger partial charge in [-0.25, -0.2) is 0 Å². The van der Waals surface area contributed by atoms with Crippen molar-refractivity contribution in [3.05, 3.63) is 21.9 Å². The highest BCUT2D eigenvalue weighted by Crippen LogP contribution is 2.18. The molecule has 112 valence electrons. The van der Waals surface area contributed by atoms with E-state index in [1.165, 1.54) is 11.3 Å². The predicted octanol–water partition coefficient (Wildman–Crippen LogP) is 2.10. The van der Waals surface area contributed by atoms with E-state index < -0.39 is 0 Å². The van der Waals surface area contributed by atoms with Crippen LogP contribution in [0, 0.1) is 0 Å². The highest BCUT2D eigenvalue weighted by Gasteiger charge is 2.22. The van der Waals surface area contributed by atoms with E-state index in [1.54, 1.807) is 7.05 Å². The van der Waals surface area contributed by atoms with Crippen LogP contribution < -0.4 is 10.6 Å². The lowest BCUT2D eigenvalue weighted by molar-refractivity contribution is 0.0714. The van der Waals surface area contributed by atoms with Gasteiger partial charge in [0.1, 0.15) is 4.99 Å². The number of nitrogens with zero attached hydrogens (tertiary/aromatic N) is 1. The first-order valence-electron chi connectivity index (χ1n) is 6.95. The van der Waals surface area contributed by atoms with E-state index >= 15 is 0 Å². The van der Waals surface area contributed by atoms with Gasteiger partial charge < -0.3 is 15.5 Å². The maximum Gasteiger partial charge on any atom is 0.264 e. The minimum atomic E-state index is 0.110. The zero-order valence-electron chi connectivity index (χ0n) is 12.5. The second-order valence-corrected chi connectivity index (χ2v) is 5.70. The first kappa shape index (κ1) is 17.1. The molecule has 0 radical (unpaired) electrons. The summed E-state index contributed by atoms with van der Waals surface area (Å²) >= 11 is 6.61. The van der Waals surface area contributed by atoms with E-state index in [0.29, 0.717) is 11.0 Å². The number of hydrogen-bond acceptors (Lipinski definition) is 4. The van der Waals surface area contributed by atoms with Crippen LogP contribution in [0.15, 0.2) is 11.4 Å². The highest BCUT2D eigenvalue weighted by molar-refractivity contribution is 7.80. The summed E-state index contributed by atoms with van der Waals surface area (Å²) in [4.78, 5) is 15.7. The van der Waals surface area contributed by atoms with Crippen LogP contribution >= 0.6 is 23.6 Å². The number of carbonyl (C=O) groups excluding carboxylic acids is 1. The molecule has 1 fully saturated rings. The van der Waals surface area contributed by atoms with E-state index in [4.69, 9.17) is 12.2 Å². The molecule has 1 aromatic heterocycles. The molecule has 1 aliphatic heterocycles. The molecule has 1 saturated heterocycles. The molecule has 2 heterocycles. The SMILES string of the molecule is CC.CNC(=S)c1csc(C(=O)N2CCN[C@@H](C)C2)c1. The van der Waals surface area contributed by atoms with Gasteiger partial charge in [0.05, 0.1) is 4.88 Å². The largest absolute Gasteiger partial charge is 0.379 e. The average molecular weight is 313 g/mol. The minimum Gasteiger partial charge on any atom is -0.379 e. The molecular formula is C14H23N3OS2. The fourth-order valence-electron chi connectivity index (χ4n) is 1.98. The van der Waals surface area contributed by atoms with Crippen LogP contribution in [0.2, 0.25) is 0 Å². The molecule has 1 aromatic rings. The lowest BCUT2D eigenvalue weighted by Gasteiger charge is -2.31. The van der Waals surface area contributed by atoms with Gasteiger partial charge in [-0.05, 0) is 13.0 Å². The molecule has 4 nitrogen and oxygen atoms in total. The van der Waals surface area contributed by atoms with Gasteiger partial charge in [0.2, 0.25) is 0 Å². The van der Waals surface area contributed by atoms with Crippen molar-refractivity contribution in [3.63, 3.8) is 0 Å². The molecule has 6 heteroatoms. The summed E-state index contributed by atoms with van der Waals surface area (Å²) in [5, 5.41) is 8.18. The van der Waals surface area contributed by atoms with Crippen LogP contribution in [0.4, 0.5) is 0 Å². The molecule has 0 spiro atoms. The maximum absolute atomic E-state index is 12.3. The quantitative estimate of drug-likeness (QED) is 0.821. The molecule has 0 saturated carbocycles. The van der Waals surface area contributed by atoms with Gasteiger partial charge in [-0.2, -0.15) is 0 Å². The number of hydrogen-bond donors (Lipinski definition) is 2. The van der Waals surface area contributed by atoms with Gasteiger partial charge in [-0.3, -0.25) is 4.79 Å². The van der Waals surface area contributed by atoms with Crippen molar-refractivity contribution in [2.45, 2.75) is 26.8 Å². The number of amides is 1. The van der Waals surface area contributed by atoms with E-state index in [1.807, 2.05) is 30.2 Å². The summed E-state index contributed by atoms with van der Waals surface area (Å²) in [6.45, 7) is 8.49. The summed E-state index contributed by atoms with van der Waals surface area (Å²) < 4.78 is 0. The van der Waals surface area contributed by atoms with Crippen molar-refractivity contribution in [1.82, 2.24) is 15.5 Å². The Balaban J connectivity index is 0.000000956. The van der Waals surface area contributed by atoms with Crippen molar-refractivity contribution in [2.24, 2.45) is 0 Å². The Kier molecular flexibility index (Phi) is 7.12. The van der Waals surface area contributed by atoms with Gasteiger partial charge >= 0.3 is 0 Å². The molecule has 1 atom stereocenters. The van der Waals surface area contributed by atoms with E-state index in [9.17, 15) is 4.79 Å². The normalized spacial score (nSPS) is 18.0. The van der Waals surface area contributed by atoms with Crippen LogP contribution in [0.25, 0.3) is 0 Å². The van der Waals surface area contributed by atoms with Crippen molar-refractivity contribution in [2.75, 3.05) is 26.7 Å². The van der Waals surface area contributed by atoms with Crippen molar-refractivity contribution >= 4 is 34.5 Å². The Labute approximate surface area is 130 Å². The highest BCUT2D eigenvalue weighted by atomic mass is 32.1. The van der Waals surface area contributed by atoms with Crippen LogP contribution in [-0.4, -0.2) is 48.5 Å². The van der Waals surface area contributed by atoms with Crippen LogP contribution in [0.5, 0.6) is 0 Å². The molecule has 0 aliphatic carbocycles. The van der Waals surface area contributed by atoms with Gasteiger partial charge in [0.25, 0.3) is 5.91 Å². The Morgan fingerprint density at radius 1 is 1.55 bits per heavy atom. The molecule has 20 heavy (non-hydrogen) atoms. The summed E-state index contributed by atoms with van der Waals surface area (Å²) in [5.41, 5.74) is 0.920. The zero-order chi connectivity index (χ0) is 15.1. The van der Waals surface area contributed by atoms with Crippen LogP contribution in [0.3, 0.4) is 0 Å². The van der Waals surface area contributed by atoms with Crippen molar-refractivity contribution < 1.29 is 4.79 Å². The third-order valence-electron chi connectivity index (χ3n) is 2.96. The Morgan fingerprint density at radius 3 is 2.85 bits per heavy atom. The molecule has 2 rings (SSSR count). The smallest absolute Gasteiger partial charge is 0.264 e. The second-order valence-electron chi connectivity index (χ2n) is 4.39. The monoisotopic (exact) mass is 313 g/mol. The number of piperazine rings is 1. The minimum absolute atomic E-state index is 0.110. The fraction of sp³-hybridized carbons (Fsp3) is 0.571. The summed E-state index contributed by atoms with van der Waals surface area (Å²) in [7, 11) is 1.79. The molecule has 0 aromatic carbocycles. The van der Waals surface area contributed by atoms with Gasteiger partial charge in [0, 0.05) is 43.7 Å². The number of thiophene rings is 1. The Morgan fingerprint density at radius 2 is 2.25 bits per heavy atom. The lowest BCUT2D eigenvalue weighted by atomic mass is 10.2. The number of thiocarbonyl (C=S) groups is 1. The Bertz CT molecular complexity index is 459. The summed E-state index contributed by atoms with van der Waals surface area (Å²) in [6, 6.07) is 2.24. The molecule has 1 aliphatic rings. The first-order valence-corrected chi connectivity index (χ1v) is 8.24. The standard InChI is InChI=1S/C12H17N3OS2.C2H6/c1-8-6-15(4-3-14-8)12(16)10-5-9(7-18-10)11(17)13-2;1-2/h5,7-8,14H,3-4,6H2,1-2H3,(H,13,17);1-2H3/t8-;/m0./s1. The maximum atomic E-state index is 12.3. The molecular weight excluding hydrogens is 290 g/mol. The van der Waals surface area contributed by atoms with E-state index in [0.717, 1.165) is 30.1 Å². The second kappa shape index (κ2) is 8.34. The zero-order valence-corrected chi connectivity index (χ0v) is 14.2. The average Bonchev–Trinajstić information content (AvgIpc) is 2.97. The van der Waals surface area contributed by atoms with E-state index in [-0.39, 0.29) is 5.91 Å². The first-order chi connectivity index (χ1) is 9.61. The number of rotatable bonds is 2.